The van der Waals surface area contributed by atoms with E-state index >= 15 is 0 Å². The summed E-state index contributed by atoms with van der Waals surface area (Å²) in [7, 11) is 0. The first-order valence-electron chi connectivity index (χ1n) is 8.27. The highest BCUT2D eigenvalue weighted by Gasteiger charge is 2.31. The van der Waals surface area contributed by atoms with Crippen molar-refractivity contribution >= 4 is 30.2 Å². The Morgan fingerprint density at radius 2 is 1.85 bits per heavy atom. The summed E-state index contributed by atoms with van der Waals surface area (Å²) in [5.41, 5.74) is 0.368. The summed E-state index contributed by atoms with van der Waals surface area (Å²) in [5, 5.41) is 2.49. The molecule has 2 rings (SSSR count). The number of amides is 2. The summed E-state index contributed by atoms with van der Waals surface area (Å²) >= 11 is 4.12. The lowest BCUT2D eigenvalue weighted by Crippen LogP contribution is -2.27. The Morgan fingerprint density at radius 3 is 2.42 bits per heavy atom. The molecule has 0 aliphatic heterocycles. The molecule has 0 saturated heterocycles. The van der Waals surface area contributed by atoms with Crippen LogP contribution in [0, 0.1) is 5.92 Å². The van der Waals surface area contributed by atoms with E-state index < -0.39 is 17.8 Å². The van der Waals surface area contributed by atoms with Crippen molar-refractivity contribution in [2.45, 2.75) is 32.9 Å². The maximum atomic E-state index is 13.2. The molecule has 0 fully saturated rings. The second kappa shape index (κ2) is 8.49. The summed E-state index contributed by atoms with van der Waals surface area (Å²) in [4.78, 5) is 12.3. The van der Waals surface area contributed by atoms with Gasteiger partial charge in [-0.1, -0.05) is 51.3 Å². The van der Waals surface area contributed by atoms with Gasteiger partial charge in [-0.2, -0.15) is 13.2 Å². The molecule has 1 N–H and O–H groups in total. The van der Waals surface area contributed by atoms with Crippen molar-refractivity contribution in [2.24, 2.45) is 5.92 Å². The zero-order chi connectivity index (χ0) is 19.3. The number of halogens is 3. The average molecular weight is 382 g/mol. The number of nitrogens with zero attached hydrogens (tertiary/aromatic N) is 1. The molecule has 2 aromatic carbocycles. The van der Waals surface area contributed by atoms with Crippen molar-refractivity contribution in [1.29, 1.82) is 0 Å². The third kappa shape index (κ3) is 5.42. The molecule has 0 saturated carbocycles. The summed E-state index contributed by atoms with van der Waals surface area (Å²) in [6.07, 6.45) is -3.12. The number of hydrogen-bond acceptors (Lipinski definition) is 2. The molecule has 0 spiro atoms. The lowest BCUT2D eigenvalue weighted by Gasteiger charge is -2.18. The van der Waals surface area contributed by atoms with Gasteiger partial charge in [-0.15, -0.1) is 0 Å². The number of carbonyl (C=O) groups is 1. The predicted octanol–water partition coefficient (Wildman–Crippen LogP) is 6.18. The fourth-order valence-electron chi connectivity index (χ4n) is 2.46. The van der Waals surface area contributed by atoms with E-state index in [0.717, 1.165) is 22.9 Å². The molecule has 3 nitrogen and oxygen atoms in total. The first kappa shape index (κ1) is 20.2. The minimum Gasteiger partial charge on any atom is -0.307 e. The lowest BCUT2D eigenvalue weighted by atomic mass is 9.97. The van der Waals surface area contributed by atoms with Gasteiger partial charge in [0.05, 0.1) is 11.3 Å². The number of alkyl halides is 3. The molecule has 0 aromatic heterocycles. The van der Waals surface area contributed by atoms with Crippen molar-refractivity contribution in [3.05, 3.63) is 59.7 Å². The molecule has 0 bridgehead atoms. The van der Waals surface area contributed by atoms with Gasteiger partial charge >= 0.3 is 12.2 Å². The van der Waals surface area contributed by atoms with Crippen LogP contribution in [0.15, 0.2) is 48.5 Å². The molecule has 0 aliphatic carbocycles. The first-order valence-corrected chi connectivity index (χ1v) is 8.67. The lowest BCUT2D eigenvalue weighted by molar-refractivity contribution is -0.137. The van der Waals surface area contributed by atoms with Gasteiger partial charge in [0.2, 0.25) is 0 Å². The van der Waals surface area contributed by atoms with Gasteiger partial charge in [-0.05, 0) is 48.2 Å². The number of nitrogens with one attached hydrogen (secondary N) is 1. The van der Waals surface area contributed by atoms with E-state index in [1.54, 1.807) is 36.4 Å². The number of urea groups is 1. The van der Waals surface area contributed by atoms with Gasteiger partial charge in [0, 0.05) is 5.69 Å². The molecule has 1 unspecified atom stereocenters. The van der Waals surface area contributed by atoms with Gasteiger partial charge < -0.3 is 5.32 Å². The third-order valence-corrected chi connectivity index (χ3v) is 4.46. The summed E-state index contributed by atoms with van der Waals surface area (Å²) < 4.78 is 40.6. The SMILES string of the molecule is CCC(C)Cc1cc(NC(=O)N(S)c2ccccc2)cc(C(F)(F)F)c1. The van der Waals surface area contributed by atoms with Crippen LogP contribution >= 0.6 is 12.8 Å². The number of thiol groups is 1. The molecular weight excluding hydrogens is 361 g/mol. The number of anilines is 2. The van der Waals surface area contributed by atoms with Crippen LogP contribution in [0.2, 0.25) is 0 Å². The van der Waals surface area contributed by atoms with Gasteiger partial charge in [-0.3, -0.25) is 0 Å². The fraction of sp³-hybridized carbons (Fsp3) is 0.316. The maximum Gasteiger partial charge on any atom is 0.416 e. The quantitative estimate of drug-likeness (QED) is 0.595. The highest BCUT2D eigenvalue weighted by Crippen LogP contribution is 2.33. The summed E-state index contributed by atoms with van der Waals surface area (Å²) in [5.74, 6) is 0.243. The number of benzene rings is 2. The second-order valence-corrected chi connectivity index (χ2v) is 6.61. The Labute approximate surface area is 156 Å². The van der Waals surface area contributed by atoms with Crippen LogP contribution < -0.4 is 9.62 Å². The second-order valence-electron chi connectivity index (χ2n) is 6.21. The predicted molar refractivity (Wildman–Crippen MR) is 102 cm³/mol. The number of para-hydroxylation sites is 1. The van der Waals surface area contributed by atoms with Crippen LogP contribution in [-0.4, -0.2) is 6.03 Å². The van der Waals surface area contributed by atoms with E-state index in [1.807, 2.05) is 13.8 Å². The van der Waals surface area contributed by atoms with Crippen molar-refractivity contribution in [2.75, 3.05) is 9.62 Å². The molecule has 7 heteroatoms. The van der Waals surface area contributed by atoms with Crippen LogP contribution in [0.25, 0.3) is 0 Å². The number of rotatable bonds is 5. The Hall–Kier alpha value is -2.15. The van der Waals surface area contributed by atoms with E-state index in [1.165, 1.54) is 0 Å². The summed E-state index contributed by atoms with van der Waals surface area (Å²) in [6, 6.07) is 11.6. The van der Waals surface area contributed by atoms with E-state index in [0.29, 0.717) is 17.7 Å². The first-order chi connectivity index (χ1) is 12.2. The monoisotopic (exact) mass is 382 g/mol. The van der Waals surface area contributed by atoms with Gasteiger partial charge in [0.15, 0.2) is 0 Å². The smallest absolute Gasteiger partial charge is 0.307 e. The van der Waals surface area contributed by atoms with Gasteiger partial charge in [-0.25, -0.2) is 9.10 Å². The highest BCUT2D eigenvalue weighted by atomic mass is 32.1. The van der Waals surface area contributed by atoms with E-state index in [9.17, 15) is 18.0 Å². The molecule has 26 heavy (non-hydrogen) atoms. The Morgan fingerprint density at radius 1 is 1.19 bits per heavy atom. The average Bonchev–Trinajstić information content (AvgIpc) is 2.60. The molecular formula is C19H21F3N2OS. The Balaban J connectivity index is 2.26. The highest BCUT2D eigenvalue weighted by molar-refractivity contribution is 7.82. The van der Waals surface area contributed by atoms with Crippen molar-refractivity contribution in [3.63, 3.8) is 0 Å². The largest absolute Gasteiger partial charge is 0.416 e. The van der Waals surface area contributed by atoms with Crippen LogP contribution in [0.5, 0.6) is 0 Å². The molecule has 140 valence electrons. The fourth-order valence-corrected chi connectivity index (χ4v) is 2.64. The van der Waals surface area contributed by atoms with Crippen LogP contribution in [0.4, 0.5) is 29.3 Å². The number of hydrogen-bond donors (Lipinski definition) is 2. The zero-order valence-corrected chi connectivity index (χ0v) is 15.4. The van der Waals surface area contributed by atoms with Gasteiger partial charge in [0.1, 0.15) is 0 Å². The van der Waals surface area contributed by atoms with Gasteiger partial charge in [0.25, 0.3) is 0 Å². The van der Waals surface area contributed by atoms with E-state index in [-0.39, 0.29) is 11.6 Å². The minimum absolute atomic E-state index is 0.0955. The Bertz CT molecular complexity index is 750. The van der Waals surface area contributed by atoms with Crippen LogP contribution in [0.1, 0.15) is 31.4 Å². The standard InChI is InChI=1S/C19H21F3N2OS/c1-3-13(2)9-14-10-15(19(20,21)22)12-16(11-14)23-18(25)24(26)17-7-5-4-6-8-17/h4-8,10-13,26H,3,9H2,1-2H3,(H,23,25). The van der Waals surface area contributed by atoms with Crippen molar-refractivity contribution in [3.8, 4) is 0 Å². The Kier molecular flexibility index (Phi) is 6.58. The van der Waals surface area contributed by atoms with Crippen molar-refractivity contribution in [1.82, 2.24) is 0 Å². The molecule has 2 amide bonds. The molecule has 1 atom stereocenters. The number of carbonyl (C=O) groups excluding carboxylic acids is 1. The van der Waals surface area contributed by atoms with Crippen LogP contribution in [0.3, 0.4) is 0 Å². The van der Waals surface area contributed by atoms with Crippen molar-refractivity contribution < 1.29 is 18.0 Å². The molecule has 0 radical (unpaired) electrons. The molecule has 2 aromatic rings. The molecule has 0 heterocycles. The normalized spacial score (nSPS) is 12.5. The van der Waals surface area contributed by atoms with E-state index in [2.05, 4.69) is 18.1 Å². The van der Waals surface area contributed by atoms with Crippen LogP contribution in [-0.2, 0) is 12.6 Å². The summed E-state index contributed by atoms with van der Waals surface area (Å²) in [6.45, 7) is 3.96. The topological polar surface area (TPSA) is 32.3 Å². The minimum atomic E-state index is -4.48. The zero-order valence-electron chi connectivity index (χ0n) is 14.5. The maximum absolute atomic E-state index is 13.2. The van der Waals surface area contributed by atoms with E-state index in [4.69, 9.17) is 0 Å². The molecule has 0 aliphatic rings. The third-order valence-electron chi connectivity index (χ3n) is 4.05.